The lowest BCUT2D eigenvalue weighted by atomic mass is 10.0. The zero-order chi connectivity index (χ0) is 26.6. The Hall–Kier alpha value is -4.39. The fraction of sp³-hybridized carbons (Fsp3) is 0.400. The number of anilines is 3. The van der Waals surface area contributed by atoms with Crippen molar-refractivity contribution in [3.8, 4) is 11.4 Å². The molecule has 3 N–H and O–H groups in total. The predicted molar refractivity (Wildman–Crippen MR) is 144 cm³/mol. The minimum Gasteiger partial charge on any atom is -0.353 e. The largest absolute Gasteiger partial charge is 0.353 e. The Morgan fingerprint density at radius 2 is 1.89 bits per heavy atom. The van der Waals surface area contributed by atoms with Gasteiger partial charge in [-0.3, -0.25) is 9.89 Å². The van der Waals surface area contributed by atoms with E-state index < -0.39 is 0 Å². The lowest BCUT2D eigenvalue weighted by molar-refractivity contribution is -0.113. The molecule has 1 aromatic carbocycles. The number of carbonyl (C=O) groups is 1. The number of amides is 1. The van der Waals surface area contributed by atoms with Gasteiger partial charge in [-0.05, 0) is 56.3 Å². The SMILES string of the molecule is CC1=C(C(=O)Nc2ccc3[nH]nc(-c4cc(N5C[C@@H](C)N[C@@H](C)C5)ncn4)c3c2)C(C)n2nnnc2N1C. The lowest BCUT2D eigenvalue weighted by Gasteiger charge is -2.36. The molecule has 0 bridgehead atoms. The summed E-state index contributed by atoms with van der Waals surface area (Å²) in [6.07, 6.45) is 1.58. The molecule has 3 atom stereocenters. The summed E-state index contributed by atoms with van der Waals surface area (Å²) in [6.45, 7) is 9.89. The number of H-pyrrole nitrogens is 1. The molecule has 1 amide bonds. The number of rotatable bonds is 4. The smallest absolute Gasteiger partial charge is 0.255 e. The Bertz CT molecular complexity index is 1540. The number of piperazine rings is 1. The summed E-state index contributed by atoms with van der Waals surface area (Å²) >= 11 is 0. The third kappa shape index (κ3) is 4.04. The topological polar surface area (TPSA) is 146 Å². The quantitative estimate of drug-likeness (QED) is 0.370. The van der Waals surface area contributed by atoms with Crippen molar-refractivity contribution in [1.29, 1.82) is 0 Å². The molecule has 3 aromatic heterocycles. The first kappa shape index (κ1) is 24.0. The van der Waals surface area contributed by atoms with E-state index >= 15 is 0 Å². The summed E-state index contributed by atoms with van der Waals surface area (Å²) in [5.74, 6) is 1.26. The first-order valence-electron chi connectivity index (χ1n) is 12.7. The van der Waals surface area contributed by atoms with Crippen LogP contribution < -0.4 is 20.4 Å². The Labute approximate surface area is 219 Å². The second-order valence-electron chi connectivity index (χ2n) is 10.1. The standard InChI is InChI=1S/C25H30N12O/c1-13-10-36(11-14(2)28-13)21-9-20(26-12-27-21)23-18-8-17(6-7-19(18)30-31-23)29-24(38)22-15(3)35(5)25-32-33-34-37(25)16(22)4/h6-9,12-14,16,28H,10-11H2,1-5H3,(H,29,38)(H,30,31)/t13-,14+,16?. The van der Waals surface area contributed by atoms with Crippen molar-refractivity contribution in [2.24, 2.45) is 0 Å². The summed E-state index contributed by atoms with van der Waals surface area (Å²) in [5, 5.41) is 27.0. The van der Waals surface area contributed by atoms with Crippen molar-refractivity contribution < 1.29 is 4.79 Å². The molecule has 0 radical (unpaired) electrons. The molecule has 13 nitrogen and oxygen atoms in total. The summed E-state index contributed by atoms with van der Waals surface area (Å²) < 4.78 is 1.64. The van der Waals surface area contributed by atoms with Crippen LogP contribution in [-0.2, 0) is 4.79 Å². The van der Waals surface area contributed by atoms with E-state index in [-0.39, 0.29) is 11.9 Å². The number of nitrogens with one attached hydrogen (secondary N) is 3. The molecule has 6 rings (SSSR count). The molecule has 2 aliphatic rings. The molecule has 1 unspecified atom stereocenters. The number of hydrogen-bond acceptors (Lipinski definition) is 10. The number of tetrazole rings is 1. The van der Waals surface area contributed by atoms with Gasteiger partial charge in [0, 0.05) is 55.1 Å². The summed E-state index contributed by atoms with van der Waals surface area (Å²) in [5.41, 5.74) is 4.32. The monoisotopic (exact) mass is 514 g/mol. The van der Waals surface area contributed by atoms with Crippen molar-refractivity contribution in [1.82, 2.24) is 45.7 Å². The number of allylic oxidation sites excluding steroid dienone is 1. The molecule has 0 spiro atoms. The third-order valence-corrected chi connectivity index (χ3v) is 7.30. The van der Waals surface area contributed by atoms with Crippen LogP contribution in [0.5, 0.6) is 0 Å². The van der Waals surface area contributed by atoms with Gasteiger partial charge in [0.05, 0.1) is 22.8 Å². The highest BCUT2D eigenvalue weighted by Crippen LogP contribution is 2.33. The van der Waals surface area contributed by atoms with E-state index in [1.54, 1.807) is 11.0 Å². The van der Waals surface area contributed by atoms with Crippen LogP contribution in [0.15, 0.2) is 41.9 Å². The van der Waals surface area contributed by atoms with Gasteiger partial charge >= 0.3 is 0 Å². The van der Waals surface area contributed by atoms with Crippen molar-refractivity contribution in [2.75, 3.05) is 35.3 Å². The van der Waals surface area contributed by atoms with Crippen LogP contribution in [0.1, 0.15) is 33.7 Å². The van der Waals surface area contributed by atoms with E-state index in [0.29, 0.717) is 35.0 Å². The van der Waals surface area contributed by atoms with Crippen molar-refractivity contribution >= 4 is 34.3 Å². The Morgan fingerprint density at radius 3 is 2.68 bits per heavy atom. The number of carbonyl (C=O) groups excluding carboxylic acids is 1. The summed E-state index contributed by atoms with van der Waals surface area (Å²) in [4.78, 5) is 26.6. The molecule has 0 aliphatic carbocycles. The second kappa shape index (κ2) is 9.17. The highest BCUT2D eigenvalue weighted by Gasteiger charge is 2.32. The zero-order valence-electron chi connectivity index (χ0n) is 22.0. The molecule has 1 saturated heterocycles. The van der Waals surface area contributed by atoms with Crippen LogP contribution in [-0.4, -0.2) is 78.5 Å². The number of aromatic amines is 1. The second-order valence-corrected chi connectivity index (χ2v) is 10.1. The van der Waals surface area contributed by atoms with Gasteiger partial charge in [-0.15, -0.1) is 0 Å². The van der Waals surface area contributed by atoms with Crippen molar-refractivity contribution in [3.63, 3.8) is 0 Å². The first-order valence-corrected chi connectivity index (χ1v) is 12.7. The molecule has 0 saturated carbocycles. The number of benzene rings is 1. The molecular weight excluding hydrogens is 484 g/mol. The maximum absolute atomic E-state index is 13.4. The first-order chi connectivity index (χ1) is 18.3. The fourth-order valence-electron chi connectivity index (χ4n) is 5.42. The third-order valence-electron chi connectivity index (χ3n) is 7.30. The fourth-order valence-corrected chi connectivity index (χ4v) is 5.42. The van der Waals surface area contributed by atoms with E-state index in [2.05, 4.69) is 65.1 Å². The van der Waals surface area contributed by atoms with Gasteiger partial charge in [0.1, 0.15) is 17.8 Å². The lowest BCUT2D eigenvalue weighted by Crippen LogP contribution is -2.54. The molecular formula is C25H30N12O. The maximum atomic E-state index is 13.4. The maximum Gasteiger partial charge on any atom is 0.255 e. The van der Waals surface area contributed by atoms with Gasteiger partial charge in [0.2, 0.25) is 5.95 Å². The molecule has 38 heavy (non-hydrogen) atoms. The van der Waals surface area contributed by atoms with Crippen LogP contribution in [0.3, 0.4) is 0 Å². The number of aromatic nitrogens is 8. The Balaban J connectivity index is 1.29. The van der Waals surface area contributed by atoms with Gasteiger partial charge < -0.3 is 20.4 Å². The number of fused-ring (bicyclic) bond motifs is 2. The molecule has 5 heterocycles. The van der Waals surface area contributed by atoms with Crippen LogP contribution in [0.25, 0.3) is 22.3 Å². The van der Waals surface area contributed by atoms with Crippen LogP contribution in [0.2, 0.25) is 0 Å². The molecule has 1 fully saturated rings. The minimum absolute atomic E-state index is 0.210. The van der Waals surface area contributed by atoms with E-state index in [4.69, 9.17) is 0 Å². The van der Waals surface area contributed by atoms with E-state index in [9.17, 15) is 4.79 Å². The minimum atomic E-state index is -0.306. The van der Waals surface area contributed by atoms with Crippen molar-refractivity contribution in [2.45, 2.75) is 45.8 Å². The average Bonchev–Trinajstić information content (AvgIpc) is 3.55. The normalized spacial score (nSPS) is 21.7. The molecule has 196 valence electrons. The van der Waals surface area contributed by atoms with Gasteiger partial charge in [-0.1, -0.05) is 5.10 Å². The molecule has 4 aromatic rings. The van der Waals surface area contributed by atoms with Gasteiger partial charge in [-0.2, -0.15) is 5.10 Å². The summed E-state index contributed by atoms with van der Waals surface area (Å²) in [7, 11) is 1.85. The highest BCUT2D eigenvalue weighted by atomic mass is 16.1. The van der Waals surface area contributed by atoms with Crippen LogP contribution in [0.4, 0.5) is 17.5 Å². The highest BCUT2D eigenvalue weighted by molar-refractivity contribution is 6.07. The van der Waals surface area contributed by atoms with Crippen LogP contribution in [0, 0.1) is 0 Å². The van der Waals surface area contributed by atoms with E-state index in [0.717, 1.165) is 41.2 Å². The number of nitrogens with zero attached hydrogens (tertiary/aromatic N) is 9. The Morgan fingerprint density at radius 1 is 1.11 bits per heavy atom. The van der Waals surface area contributed by atoms with Gasteiger partial charge in [0.25, 0.3) is 5.91 Å². The van der Waals surface area contributed by atoms with Crippen molar-refractivity contribution in [3.05, 3.63) is 41.9 Å². The summed E-state index contributed by atoms with van der Waals surface area (Å²) in [6, 6.07) is 8.08. The van der Waals surface area contributed by atoms with Gasteiger partial charge in [0.15, 0.2) is 0 Å². The average molecular weight is 515 g/mol. The zero-order valence-corrected chi connectivity index (χ0v) is 22.0. The van der Waals surface area contributed by atoms with Gasteiger partial charge in [-0.25, -0.2) is 14.6 Å². The molecule has 2 aliphatic heterocycles. The molecule has 13 heteroatoms. The van der Waals surface area contributed by atoms with E-state index in [1.165, 1.54) is 0 Å². The van der Waals surface area contributed by atoms with Crippen LogP contribution >= 0.6 is 0 Å². The number of hydrogen-bond donors (Lipinski definition) is 3. The predicted octanol–water partition coefficient (Wildman–Crippen LogP) is 2.12. The Kier molecular flexibility index (Phi) is 5.79. The van der Waals surface area contributed by atoms with E-state index in [1.807, 2.05) is 50.1 Å².